The van der Waals surface area contributed by atoms with E-state index in [0.717, 1.165) is 21.2 Å². The van der Waals surface area contributed by atoms with Gasteiger partial charge >= 0.3 is 0 Å². The van der Waals surface area contributed by atoms with Crippen LogP contribution in [-0.2, 0) is 0 Å². The number of nitrogens with zero attached hydrogens (tertiary/aromatic N) is 3. The third-order valence-electron chi connectivity index (χ3n) is 4.03. The standard InChI is InChI=1S/C22H16BrN3/c1-15-7-5-10-17(13-15)21-24-20(16-8-3-2-4-9-16)25-22(26-21)18-11-6-12-19(23)14-18/h2-14H,1H3. The molecule has 0 spiro atoms. The highest BCUT2D eigenvalue weighted by Gasteiger charge is 2.12. The number of rotatable bonds is 3. The van der Waals surface area contributed by atoms with E-state index in [1.54, 1.807) is 0 Å². The Morgan fingerprint density at radius 2 is 1.12 bits per heavy atom. The average Bonchev–Trinajstić information content (AvgIpc) is 2.68. The lowest BCUT2D eigenvalue weighted by atomic mass is 10.1. The molecular formula is C22H16BrN3. The molecule has 4 rings (SSSR count). The maximum Gasteiger partial charge on any atom is 0.164 e. The van der Waals surface area contributed by atoms with E-state index in [1.165, 1.54) is 5.56 Å². The highest BCUT2D eigenvalue weighted by molar-refractivity contribution is 9.10. The summed E-state index contributed by atoms with van der Waals surface area (Å²) in [5.74, 6) is 2.02. The molecule has 0 aliphatic heterocycles. The zero-order chi connectivity index (χ0) is 17.9. The van der Waals surface area contributed by atoms with Crippen LogP contribution in [0.3, 0.4) is 0 Å². The lowest BCUT2D eigenvalue weighted by Gasteiger charge is -2.09. The number of hydrogen-bond acceptors (Lipinski definition) is 3. The molecule has 0 atom stereocenters. The van der Waals surface area contributed by atoms with Gasteiger partial charge in [0.05, 0.1) is 0 Å². The number of halogens is 1. The average molecular weight is 402 g/mol. The molecule has 4 aromatic rings. The minimum atomic E-state index is 0.664. The smallest absolute Gasteiger partial charge is 0.164 e. The van der Waals surface area contributed by atoms with Crippen molar-refractivity contribution in [1.29, 1.82) is 0 Å². The van der Waals surface area contributed by atoms with Crippen LogP contribution >= 0.6 is 15.9 Å². The second kappa shape index (κ2) is 7.18. The summed E-state index contributed by atoms with van der Waals surface area (Å²) in [6.07, 6.45) is 0. The van der Waals surface area contributed by atoms with E-state index >= 15 is 0 Å². The van der Waals surface area contributed by atoms with Gasteiger partial charge in [-0.25, -0.2) is 15.0 Å². The molecule has 0 amide bonds. The predicted octanol–water partition coefficient (Wildman–Crippen LogP) is 5.94. The van der Waals surface area contributed by atoms with E-state index in [9.17, 15) is 0 Å². The van der Waals surface area contributed by atoms with Crippen molar-refractivity contribution in [1.82, 2.24) is 15.0 Å². The third kappa shape index (κ3) is 3.55. The minimum Gasteiger partial charge on any atom is -0.208 e. The fourth-order valence-corrected chi connectivity index (χ4v) is 3.16. The van der Waals surface area contributed by atoms with Gasteiger partial charge in [-0.2, -0.15) is 0 Å². The summed E-state index contributed by atoms with van der Waals surface area (Å²) >= 11 is 3.52. The first-order valence-electron chi connectivity index (χ1n) is 8.33. The van der Waals surface area contributed by atoms with Gasteiger partial charge in [-0.05, 0) is 25.1 Å². The summed E-state index contributed by atoms with van der Waals surface area (Å²) in [7, 11) is 0. The molecule has 126 valence electrons. The second-order valence-corrected chi connectivity index (χ2v) is 6.97. The topological polar surface area (TPSA) is 38.7 Å². The Kier molecular flexibility index (Phi) is 4.59. The molecule has 0 saturated heterocycles. The molecule has 0 aliphatic carbocycles. The van der Waals surface area contributed by atoms with E-state index in [2.05, 4.69) is 35.0 Å². The largest absolute Gasteiger partial charge is 0.208 e. The van der Waals surface area contributed by atoms with Crippen LogP contribution in [0.5, 0.6) is 0 Å². The van der Waals surface area contributed by atoms with Crippen LogP contribution in [0.25, 0.3) is 34.2 Å². The van der Waals surface area contributed by atoms with E-state index < -0.39 is 0 Å². The fraction of sp³-hybridized carbons (Fsp3) is 0.0455. The van der Waals surface area contributed by atoms with Crippen LogP contribution in [0.2, 0.25) is 0 Å². The van der Waals surface area contributed by atoms with Gasteiger partial charge in [0.15, 0.2) is 17.5 Å². The van der Waals surface area contributed by atoms with E-state index in [1.807, 2.05) is 66.7 Å². The lowest BCUT2D eigenvalue weighted by Crippen LogP contribution is -2.00. The highest BCUT2D eigenvalue weighted by atomic mass is 79.9. The molecule has 0 unspecified atom stereocenters. The number of benzene rings is 3. The fourth-order valence-electron chi connectivity index (χ4n) is 2.76. The highest BCUT2D eigenvalue weighted by Crippen LogP contribution is 2.26. The second-order valence-electron chi connectivity index (χ2n) is 6.05. The maximum atomic E-state index is 4.74. The van der Waals surface area contributed by atoms with Crippen LogP contribution in [0.15, 0.2) is 83.3 Å². The van der Waals surface area contributed by atoms with Crippen LogP contribution in [0.4, 0.5) is 0 Å². The van der Waals surface area contributed by atoms with Crippen molar-refractivity contribution in [3.63, 3.8) is 0 Å². The van der Waals surface area contributed by atoms with Crippen LogP contribution in [-0.4, -0.2) is 15.0 Å². The van der Waals surface area contributed by atoms with Crippen molar-refractivity contribution in [3.05, 3.63) is 88.9 Å². The molecular weight excluding hydrogens is 386 g/mol. The SMILES string of the molecule is Cc1cccc(-c2nc(-c3ccccc3)nc(-c3cccc(Br)c3)n2)c1. The van der Waals surface area contributed by atoms with E-state index in [4.69, 9.17) is 15.0 Å². The molecule has 0 radical (unpaired) electrons. The molecule has 26 heavy (non-hydrogen) atoms. The summed E-state index contributed by atoms with van der Waals surface area (Å²) in [6.45, 7) is 2.07. The summed E-state index contributed by atoms with van der Waals surface area (Å²) in [5, 5.41) is 0. The molecule has 0 saturated carbocycles. The Morgan fingerprint density at radius 1 is 0.577 bits per heavy atom. The van der Waals surface area contributed by atoms with Gasteiger partial charge in [0.25, 0.3) is 0 Å². The zero-order valence-electron chi connectivity index (χ0n) is 14.2. The molecule has 4 heteroatoms. The Labute approximate surface area is 160 Å². The monoisotopic (exact) mass is 401 g/mol. The van der Waals surface area contributed by atoms with Gasteiger partial charge in [-0.1, -0.05) is 82.2 Å². The molecule has 0 bridgehead atoms. The Hall–Kier alpha value is -2.85. The first-order valence-corrected chi connectivity index (χ1v) is 9.13. The van der Waals surface area contributed by atoms with Crippen LogP contribution in [0.1, 0.15) is 5.56 Å². The number of hydrogen-bond donors (Lipinski definition) is 0. The first-order chi connectivity index (χ1) is 12.7. The van der Waals surface area contributed by atoms with Crippen LogP contribution in [0, 0.1) is 6.92 Å². The zero-order valence-corrected chi connectivity index (χ0v) is 15.8. The van der Waals surface area contributed by atoms with Crippen molar-refractivity contribution >= 4 is 15.9 Å². The summed E-state index contributed by atoms with van der Waals surface area (Å²) in [5.41, 5.74) is 4.09. The van der Waals surface area contributed by atoms with Gasteiger partial charge in [-0.15, -0.1) is 0 Å². The minimum absolute atomic E-state index is 0.664. The van der Waals surface area contributed by atoms with Crippen molar-refractivity contribution < 1.29 is 0 Å². The molecule has 3 nitrogen and oxygen atoms in total. The quantitative estimate of drug-likeness (QED) is 0.426. The van der Waals surface area contributed by atoms with E-state index in [-0.39, 0.29) is 0 Å². The van der Waals surface area contributed by atoms with Crippen molar-refractivity contribution in [2.24, 2.45) is 0 Å². The normalized spacial score (nSPS) is 10.7. The van der Waals surface area contributed by atoms with Gasteiger partial charge in [0, 0.05) is 21.2 Å². The molecule has 0 aliphatic rings. The summed E-state index contributed by atoms with van der Waals surface area (Å²) in [4.78, 5) is 14.2. The van der Waals surface area contributed by atoms with Crippen molar-refractivity contribution in [3.8, 4) is 34.2 Å². The van der Waals surface area contributed by atoms with Gasteiger partial charge < -0.3 is 0 Å². The molecule has 1 heterocycles. The molecule has 0 fully saturated rings. The lowest BCUT2D eigenvalue weighted by molar-refractivity contribution is 1.07. The van der Waals surface area contributed by atoms with E-state index in [0.29, 0.717) is 17.5 Å². The van der Waals surface area contributed by atoms with Gasteiger partial charge in [-0.3, -0.25) is 0 Å². The Balaban J connectivity index is 1.93. The summed E-state index contributed by atoms with van der Waals surface area (Å²) < 4.78 is 0.994. The van der Waals surface area contributed by atoms with Crippen LogP contribution < -0.4 is 0 Å². The van der Waals surface area contributed by atoms with Gasteiger partial charge in [0.1, 0.15) is 0 Å². The Morgan fingerprint density at radius 3 is 1.73 bits per heavy atom. The molecule has 0 N–H and O–H groups in total. The van der Waals surface area contributed by atoms with Gasteiger partial charge in [0.2, 0.25) is 0 Å². The number of aromatic nitrogens is 3. The number of aryl methyl sites for hydroxylation is 1. The maximum absolute atomic E-state index is 4.74. The Bertz CT molecular complexity index is 998. The van der Waals surface area contributed by atoms with Crippen molar-refractivity contribution in [2.45, 2.75) is 6.92 Å². The third-order valence-corrected chi connectivity index (χ3v) is 4.52. The predicted molar refractivity (Wildman–Crippen MR) is 109 cm³/mol. The molecule has 1 aromatic heterocycles. The summed E-state index contributed by atoms with van der Waals surface area (Å²) in [6, 6.07) is 26.2. The van der Waals surface area contributed by atoms with Crippen molar-refractivity contribution in [2.75, 3.05) is 0 Å². The molecule has 3 aromatic carbocycles. The first kappa shape index (κ1) is 16.6.